The Hall–Kier alpha value is -1.40. The van der Waals surface area contributed by atoms with E-state index in [2.05, 4.69) is 0 Å². The second-order valence-corrected chi connectivity index (χ2v) is 2.48. The largest absolute Gasteiger partial charge is 0.399 e. The van der Waals surface area contributed by atoms with Gasteiger partial charge in [-0.1, -0.05) is 11.6 Å². The van der Waals surface area contributed by atoms with Crippen molar-refractivity contribution < 1.29 is 0 Å². The Labute approximate surface area is 69.2 Å². The molecule has 4 N–H and O–H groups in total. The maximum atomic E-state index is 8.52. The van der Waals surface area contributed by atoms with Gasteiger partial charge in [0.05, 0.1) is 16.3 Å². The van der Waals surface area contributed by atoms with E-state index >= 15 is 0 Å². The van der Waals surface area contributed by atoms with E-state index in [9.17, 15) is 0 Å². The van der Waals surface area contributed by atoms with E-state index in [4.69, 9.17) is 28.3 Å². The molecule has 0 fully saturated rings. The number of nitriles is 1. The minimum Gasteiger partial charge on any atom is -0.399 e. The zero-order valence-corrected chi connectivity index (χ0v) is 6.39. The van der Waals surface area contributed by atoms with Gasteiger partial charge in [0.25, 0.3) is 0 Å². The van der Waals surface area contributed by atoms with E-state index in [-0.39, 0.29) is 5.69 Å². The van der Waals surface area contributed by atoms with Gasteiger partial charge >= 0.3 is 0 Å². The summed E-state index contributed by atoms with van der Waals surface area (Å²) < 4.78 is 0. The van der Waals surface area contributed by atoms with Gasteiger partial charge in [0.1, 0.15) is 6.07 Å². The number of rotatable bonds is 0. The van der Waals surface area contributed by atoms with E-state index < -0.39 is 0 Å². The SMILES string of the molecule is N#Cc1cc(N)cc(Cl)c1N. The molecule has 1 rings (SSSR count). The van der Waals surface area contributed by atoms with Crippen molar-refractivity contribution in [3.8, 4) is 6.07 Å². The lowest BCUT2D eigenvalue weighted by Crippen LogP contribution is -1.94. The molecular weight excluding hydrogens is 162 g/mol. The van der Waals surface area contributed by atoms with Gasteiger partial charge in [-0.15, -0.1) is 0 Å². The predicted octanol–water partition coefficient (Wildman–Crippen LogP) is 1.38. The standard InChI is InChI=1S/C7H6ClN3/c8-6-2-5(10)1-4(3-9)7(6)11/h1-2H,10-11H2. The van der Waals surface area contributed by atoms with Crippen molar-refractivity contribution in [2.24, 2.45) is 0 Å². The summed E-state index contributed by atoms with van der Waals surface area (Å²) in [5, 5.41) is 8.84. The molecule has 0 atom stereocenters. The van der Waals surface area contributed by atoms with Gasteiger partial charge in [-0.3, -0.25) is 0 Å². The second-order valence-electron chi connectivity index (χ2n) is 2.08. The molecule has 4 heteroatoms. The molecule has 0 aliphatic heterocycles. The first-order chi connectivity index (χ1) is 5.15. The van der Waals surface area contributed by atoms with Gasteiger partial charge in [-0.2, -0.15) is 5.26 Å². The Morgan fingerprint density at radius 2 is 2.00 bits per heavy atom. The molecule has 3 nitrogen and oxygen atoms in total. The second kappa shape index (κ2) is 2.69. The van der Waals surface area contributed by atoms with E-state index in [1.807, 2.05) is 6.07 Å². The summed E-state index contributed by atoms with van der Waals surface area (Å²) in [4.78, 5) is 0. The third-order valence-corrected chi connectivity index (χ3v) is 1.59. The fraction of sp³-hybridized carbons (Fsp3) is 0. The Balaban J connectivity index is 3.39. The molecule has 0 saturated heterocycles. The normalized spacial score (nSPS) is 9.09. The van der Waals surface area contributed by atoms with Gasteiger partial charge in [-0.05, 0) is 12.1 Å². The maximum absolute atomic E-state index is 8.52. The van der Waals surface area contributed by atoms with Crippen LogP contribution in [0.3, 0.4) is 0 Å². The van der Waals surface area contributed by atoms with Crippen LogP contribution in [0.15, 0.2) is 12.1 Å². The molecule has 0 aliphatic rings. The minimum absolute atomic E-state index is 0.281. The molecule has 0 aliphatic carbocycles. The zero-order chi connectivity index (χ0) is 8.43. The molecule has 11 heavy (non-hydrogen) atoms. The Morgan fingerprint density at radius 3 is 2.55 bits per heavy atom. The Morgan fingerprint density at radius 1 is 1.36 bits per heavy atom. The molecule has 0 spiro atoms. The minimum atomic E-state index is 0.281. The third kappa shape index (κ3) is 1.36. The van der Waals surface area contributed by atoms with Crippen LogP contribution in [0.1, 0.15) is 5.56 Å². The van der Waals surface area contributed by atoms with Crippen molar-refractivity contribution in [3.63, 3.8) is 0 Å². The van der Waals surface area contributed by atoms with Crippen molar-refractivity contribution >= 4 is 23.0 Å². The topological polar surface area (TPSA) is 75.8 Å². The van der Waals surface area contributed by atoms with Gasteiger partial charge in [0.15, 0.2) is 0 Å². The highest BCUT2D eigenvalue weighted by Gasteiger charge is 2.03. The summed E-state index contributed by atoms with van der Waals surface area (Å²) in [7, 11) is 0. The molecule has 0 aromatic heterocycles. The molecule has 0 amide bonds. The number of anilines is 2. The number of hydrogen-bond donors (Lipinski definition) is 2. The number of nitrogens with two attached hydrogens (primary N) is 2. The molecule has 1 aromatic carbocycles. The van der Waals surface area contributed by atoms with Crippen LogP contribution in [0, 0.1) is 11.3 Å². The van der Waals surface area contributed by atoms with Crippen LogP contribution in [0.5, 0.6) is 0 Å². The first-order valence-corrected chi connectivity index (χ1v) is 3.27. The molecule has 0 unspecified atom stereocenters. The smallest absolute Gasteiger partial charge is 0.101 e. The fourth-order valence-corrected chi connectivity index (χ4v) is 0.959. The summed E-state index contributed by atoms with van der Waals surface area (Å²) in [6, 6.07) is 4.89. The quantitative estimate of drug-likeness (QED) is 0.573. The average Bonchev–Trinajstić information content (AvgIpc) is 1.96. The molecule has 0 bridgehead atoms. The van der Waals surface area contributed by atoms with Gasteiger partial charge in [0, 0.05) is 5.69 Å². The summed E-state index contributed by atoms with van der Waals surface area (Å²) >= 11 is 5.64. The molecule has 56 valence electrons. The van der Waals surface area contributed by atoms with E-state index in [1.54, 1.807) is 0 Å². The van der Waals surface area contributed by atoms with Gasteiger partial charge < -0.3 is 11.5 Å². The van der Waals surface area contributed by atoms with Crippen LogP contribution >= 0.6 is 11.6 Å². The Kier molecular flexibility index (Phi) is 1.88. The summed E-state index contributed by atoms with van der Waals surface area (Å²) in [6.07, 6.45) is 0. The Bertz CT molecular complexity index is 327. The van der Waals surface area contributed by atoms with Crippen LogP contribution in [0.25, 0.3) is 0 Å². The van der Waals surface area contributed by atoms with Crippen LogP contribution in [0.4, 0.5) is 11.4 Å². The number of nitrogen functional groups attached to an aromatic ring is 2. The van der Waals surface area contributed by atoms with Crippen molar-refractivity contribution in [2.45, 2.75) is 0 Å². The number of nitrogens with zero attached hydrogens (tertiary/aromatic N) is 1. The lowest BCUT2D eigenvalue weighted by molar-refractivity contribution is 1.48. The van der Waals surface area contributed by atoms with Crippen molar-refractivity contribution in [2.75, 3.05) is 11.5 Å². The molecule has 1 aromatic rings. The van der Waals surface area contributed by atoms with Crippen LogP contribution in [0.2, 0.25) is 5.02 Å². The molecule has 0 saturated carbocycles. The fourth-order valence-electron chi connectivity index (χ4n) is 0.731. The highest BCUT2D eigenvalue weighted by molar-refractivity contribution is 6.33. The lowest BCUT2D eigenvalue weighted by Gasteiger charge is -2.00. The van der Waals surface area contributed by atoms with Gasteiger partial charge in [-0.25, -0.2) is 0 Å². The number of hydrogen-bond acceptors (Lipinski definition) is 3. The van der Waals surface area contributed by atoms with E-state index in [0.29, 0.717) is 16.3 Å². The average molecular weight is 168 g/mol. The summed E-state index contributed by atoms with van der Waals surface area (Å²) in [5.41, 5.74) is 11.9. The lowest BCUT2D eigenvalue weighted by atomic mass is 10.2. The highest BCUT2D eigenvalue weighted by Crippen LogP contribution is 2.25. The first kappa shape index (κ1) is 7.70. The number of benzene rings is 1. The maximum Gasteiger partial charge on any atom is 0.101 e. The number of halogens is 1. The highest BCUT2D eigenvalue weighted by atomic mass is 35.5. The van der Waals surface area contributed by atoms with Crippen molar-refractivity contribution in [1.29, 1.82) is 5.26 Å². The van der Waals surface area contributed by atoms with Crippen molar-refractivity contribution in [3.05, 3.63) is 22.7 Å². The molecular formula is C7H6ClN3. The summed E-state index contributed by atoms with van der Waals surface area (Å²) in [5.74, 6) is 0. The predicted molar refractivity (Wildman–Crippen MR) is 45.0 cm³/mol. The van der Waals surface area contributed by atoms with Crippen LogP contribution in [-0.4, -0.2) is 0 Å². The van der Waals surface area contributed by atoms with Crippen LogP contribution in [-0.2, 0) is 0 Å². The van der Waals surface area contributed by atoms with Crippen LogP contribution < -0.4 is 11.5 Å². The molecule has 0 radical (unpaired) electrons. The first-order valence-electron chi connectivity index (χ1n) is 2.89. The van der Waals surface area contributed by atoms with E-state index in [1.165, 1.54) is 12.1 Å². The summed E-state index contributed by atoms with van der Waals surface area (Å²) in [6.45, 7) is 0. The van der Waals surface area contributed by atoms with Crippen molar-refractivity contribution in [1.82, 2.24) is 0 Å². The van der Waals surface area contributed by atoms with E-state index in [0.717, 1.165) is 0 Å². The monoisotopic (exact) mass is 167 g/mol. The zero-order valence-electron chi connectivity index (χ0n) is 5.63. The third-order valence-electron chi connectivity index (χ3n) is 1.27. The molecule has 0 heterocycles. The van der Waals surface area contributed by atoms with Gasteiger partial charge in [0.2, 0.25) is 0 Å².